The third-order valence-corrected chi connectivity index (χ3v) is 15.5. The molecule has 3 saturated heterocycles. The number of amides is 2. The fraction of sp³-hybridized carbons (Fsp3) is 0.804. The minimum absolute atomic E-state index is 0.00369. The maximum Gasteiger partial charge on any atom is 0.407 e. The standard InChI is InChI=1S/C51H83ClN4O17/c1-15-37-51(10,63)43(60)29(4)40(58)27(2)25-49(8,66-13)44(72-47-41(59)36(55(11)12)22-28(3)68-47)30(5)42(31(6)46(61)70-37)71-39-26-50(9,67-14)45(32(7)69-39)73-48(62)54-21-17-16-20-53-38(57)24-33-23-34(52)18-19-35(33)56(64)65/h18-19,23,27-32,36-37,39,41-45,47,59-60,63H,15-17,20-22,24-26H2,1-14H3,(H,53,57)(H,54,62)/t27-,28-,29-,30-,31-,32+,36+,37+,39+,41-,42+,43+,44?,45+,47+,49-,50-,51-/m1/s1. The Kier molecular flexibility index (Phi) is 22.4. The quantitative estimate of drug-likeness (QED) is 0.0602. The highest BCUT2D eigenvalue weighted by Gasteiger charge is 2.55. The first kappa shape index (κ1) is 61.9. The largest absolute Gasteiger partial charge is 0.459 e. The molecule has 4 rings (SSSR count). The number of nitrogens with one attached hydrogen (secondary N) is 2. The molecule has 5 N–H and O–H groups in total. The minimum atomic E-state index is -2.04. The van der Waals surface area contributed by atoms with Gasteiger partial charge in [-0.25, -0.2) is 4.79 Å². The zero-order valence-corrected chi connectivity index (χ0v) is 45.8. The van der Waals surface area contributed by atoms with Crippen LogP contribution in [0.1, 0.15) is 113 Å². The summed E-state index contributed by atoms with van der Waals surface area (Å²) >= 11 is 5.99. The Morgan fingerprint density at radius 2 is 1.53 bits per heavy atom. The van der Waals surface area contributed by atoms with Gasteiger partial charge < -0.3 is 68.7 Å². The number of nitro benzene ring substituents is 1. The number of alkyl carbamates (subject to hydrolysis) is 1. The molecule has 18 atom stereocenters. The van der Waals surface area contributed by atoms with Gasteiger partial charge in [-0.2, -0.15) is 0 Å². The van der Waals surface area contributed by atoms with E-state index in [1.54, 1.807) is 48.5 Å². The van der Waals surface area contributed by atoms with Crippen molar-refractivity contribution in [2.24, 2.45) is 23.7 Å². The average Bonchev–Trinajstić information content (AvgIpc) is 3.32. The summed E-state index contributed by atoms with van der Waals surface area (Å²) in [5.74, 6) is -5.34. The van der Waals surface area contributed by atoms with Crippen LogP contribution in [0.2, 0.25) is 5.02 Å². The summed E-state index contributed by atoms with van der Waals surface area (Å²) in [6, 6.07) is 3.68. The first-order valence-electron chi connectivity index (χ1n) is 25.4. The number of carbonyl (C=O) groups is 4. The number of Topliss-reactive ketones (excluding diaryl/α,β-unsaturated/α-hetero) is 1. The van der Waals surface area contributed by atoms with E-state index in [-0.39, 0.29) is 73.0 Å². The van der Waals surface area contributed by atoms with Crippen molar-refractivity contribution in [2.75, 3.05) is 41.4 Å². The second kappa shape index (κ2) is 26.4. The number of benzene rings is 1. The van der Waals surface area contributed by atoms with Gasteiger partial charge in [0.15, 0.2) is 18.7 Å². The van der Waals surface area contributed by atoms with Crippen LogP contribution in [0.25, 0.3) is 0 Å². The van der Waals surface area contributed by atoms with Crippen LogP contribution < -0.4 is 10.6 Å². The van der Waals surface area contributed by atoms with E-state index in [2.05, 4.69) is 10.6 Å². The summed E-state index contributed by atoms with van der Waals surface area (Å²) in [6.45, 7) is 17.2. The van der Waals surface area contributed by atoms with Gasteiger partial charge in [-0.05, 0) is 99.9 Å². The number of aliphatic hydroxyl groups is 3. The summed E-state index contributed by atoms with van der Waals surface area (Å²) in [5.41, 5.74) is -4.60. The van der Waals surface area contributed by atoms with Crippen LogP contribution >= 0.6 is 11.6 Å². The Morgan fingerprint density at radius 1 is 0.918 bits per heavy atom. The molecule has 22 heteroatoms. The van der Waals surface area contributed by atoms with Gasteiger partial charge >= 0.3 is 12.1 Å². The number of hydrogen-bond acceptors (Lipinski definition) is 18. The van der Waals surface area contributed by atoms with E-state index in [0.717, 1.165) is 0 Å². The molecule has 21 nitrogen and oxygen atoms in total. The number of rotatable bonds is 17. The molecule has 0 aliphatic carbocycles. The van der Waals surface area contributed by atoms with Crippen molar-refractivity contribution in [3.05, 3.63) is 38.9 Å². The van der Waals surface area contributed by atoms with E-state index in [1.807, 2.05) is 25.9 Å². The van der Waals surface area contributed by atoms with Crippen molar-refractivity contribution < 1.29 is 77.3 Å². The number of aliphatic hydroxyl groups excluding tert-OH is 2. The molecule has 0 radical (unpaired) electrons. The highest BCUT2D eigenvalue weighted by Crippen LogP contribution is 2.42. The lowest BCUT2D eigenvalue weighted by Gasteiger charge is -2.50. The molecule has 1 aromatic rings. The molecule has 0 bridgehead atoms. The van der Waals surface area contributed by atoms with Crippen LogP contribution in [0.4, 0.5) is 10.5 Å². The zero-order chi connectivity index (χ0) is 54.9. The number of halogens is 1. The predicted molar refractivity (Wildman–Crippen MR) is 267 cm³/mol. The molecule has 1 unspecified atom stereocenters. The van der Waals surface area contributed by atoms with Crippen molar-refractivity contribution in [2.45, 2.75) is 198 Å². The Balaban J connectivity index is 1.57. The number of esters is 1. The first-order valence-corrected chi connectivity index (χ1v) is 25.8. The van der Waals surface area contributed by atoms with Crippen LogP contribution in [0.3, 0.4) is 0 Å². The molecule has 0 aromatic heterocycles. The van der Waals surface area contributed by atoms with Gasteiger partial charge in [-0.3, -0.25) is 24.5 Å². The SMILES string of the molecule is CC[C@@H]1OC(=O)[C@H](C)[C@@H](O[C@H]2C[C@@](C)(OC)[C@@H](OC(=O)NCCCCNC(=O)Cc3cc(Cl)ccc3[N+](=O)[O-])[C@H](C)O2)[C@@H](C)C(O[C@@H]2O[C@H](C)C[C@H](N(C)C)[C@H]2O)[C@](C)(OC)C[C@@H](C)C(=O)[C@@H](C)[C@H](O)[C@]1(C)O. The number of cyclic esters (lactones) is 1. The summed E-state index contributed by atoms with van der Waals surface area (Å²) in [5, 5.41) is 52.3. The van der Waals surface area contributed by atoms with E-state index < -0.39 is 119 Å². The first-order chi connectivity index (χ1) is 34.0. The lowest BCUT2D eigenvalue weighted by molar-refractivity contribution is -0.385. The Hall–Kier alpha value is -3.61. The fourth-order valence-corrected chi connectivity index (χ4v) is 10.9. The molecule has 3 fully saturated rings. The van der Waals surface area contributed by atoms with Crippen molar-refractivity contribution in [3.8, 4) is 0 Å². The molecule has 2 amide bonds. The second-order valence-electron chi connectivity index (χ2n) is 21.2. The van der Waals surface area contributed by atoms with E-state index in [0.29, 0.717) is 19.3 Å². The summed E-state index contributed by atoms with van der Waals surface area (Å²) < 4.78 is 50.9. The van der Waals surface area contributed by atoms with Crippen LogP contribution in [0.5, 0.6) is 0 Å². The van der Waals surface area contributed by atoms with Crippen LogP contribution in [0.15, 0.2) is 18.2 Å². The normalized spacial score (nSPS) is 38.0. The Bertz CT molecular complexity index is 2030. The topological polar surface area (TPSA) is 273 Å². The fourth-order valence-electron chi connectivity index (χ4n) is 10.7. The average molecular weight is 1060 g/mol. The van der Waals surface area contributed by atoms with E-state index in [1.165, 1.54) is 46.3 Å². The Morgan fingerprint density at radius 3 is 2.12 bits per heavy atom. The van der Waals surface area contributed by atoms with Gasteiger partial charge in [-0.15, -0.1) is 0 Å². The summed E-state index contributed by atoms with van der Waals surface area (Å²) in [6.07, 6.45) is -9.94. The van der Waals surface area contributed by atoms with Crippen molar-refractivity contribution in [1.82, 2.24) is 15.5 Å². The van der Waals surface area contributed by atoms with Crippen LogP contribution in [-0.4, -0.2) is 175 Å². The Labute approximate surface area is 435 Å². The van der Waals surface area contributed by atoms with Gasteiger partial charge in [0.1, 0.15) is 29.2 Å². The maximum absolute atomic E-state index is 14.5. The molecule has 1 aromatic carbocycles. The number of methoxy groups -OCH3 is 2. The van der Waals surface area contributed by atoms with E-state index in [9.17, 15) is 44.6 Å². The monoisotopic (exact) mass is 1060 g/mol. The molecule has 416 valence electrons. The van der Waals surface area contributed by atoms with Crippen molar-refractivity contribution in [3.63, 3.8) is 0 Å². The number of nitro groups is 1. The zero-order valence-electron chi connectivity index (χ0n) is 45.1. The third-order valence-electron chi connectivity index (χ3n) is 15.2. The number of unbranched alkanes of at least 4 members (excludes halogenated alkanes) is 1. The highest BCUT2D eigenvalue weighted by molar-refractivity contribution is 6.30. The summed E-state index contributed by atoms with van der Waals surface area (Å²) in [7, 11) is 6.65. The van der Waals surface area contributed by atoms with Gasteiger partial charge in [-0.1, -0.05) is 39.3 Å². The molecule has 0 spiro atoms. The van der Waals surface area contributed by atoms with Gasteiger partial charge in [0, 0.05) is 74.2 Å². The van der Waals surface area contributed by atoms with Gasteiger partial charge in [0.05, 0.1) is 53.4 Å². The third kappa shape index (κ3) is 15.3. The maximum atomic E-state index is 14.5. The van der Waals surface area contributed by atoms with E-state index >= 15 is 0 Å². The predicted octanol–water partition coefficient (Wildman–Crippen LogP) is 4.87. The van der Waals surface area contributed by atoms with E-state index in [4.69, 9.17) is 49.5 Å². The number of ketones is 1. The number of likely N-dealkylation sites (N-methyl/N-ethyl adjacent to an activating group) is 1. The van der Waals surface area contributed by atoms with Crippen LogP contribution in [0, 0.1) is 33.8 Å². The molecule has 3 heterocycles. The van der Waals surface area contributed by atoms with Gasteiger partial charge in [0.25, 0.3) is 5.69 Å². The smallest absolute Gasteiger partial charge is 0.407 e. The minimum Gasteiger partial charge on any atom is -0.459 e. The number of nitrogens with zero attached hydrogens (tertiary/aromatic N) is 2. The number of hydrogen-bond donors (Lipinski definition) is 5. The molecule has 3 aliphatic rings. The summed E-state index contributed by atoms with van der Waals surface area (Å²) in [4.78, 5) is 67.2. The molecule has 73 heavy (non-hydrogen) atoms. The lowest BCUT2D eigenvalue weighted by Crippen LogP contribution is -2.62. The van der Waals surface area contributed by atoms with Crippen molar-refractivity contribution in [1.29, 1.82) is 0 Å². The second-order valence-corrected chi connectivity index (χ2v) is 21.6. The number of carbonyl (C=O) groups excluding carboxylic acids is 4. The molecular formula is C51H83ClN4O17. The van der Waals surface area contributed by atoms with Crippen LogP contribution in [-0.2, 0) is 58.7 Å². The van der Waals surface area contributed by atoms with Gasteiger partial charge in [0.2, 0.25) is 5.91 Å². The lowest BCUT2D eigenvalue weighted by atomic mass is 9.74. The molecule has 0 saturated carbocycles. The highest BCUT2D eigenvalue weighted by atomic mass is 35.5. The van der Waals surface area contributed by atoms with Crippen molar-refractivity contribution >= 4 is 41.0 Å². The molecular weight excluding hydrogens is 976 g/mol. The molecule has 3 aliphatic heterocycles. The number of ether oxygens (including phenoxy) is 8.